The molecule has 0 unspecified atom stereocenters. The molecule has 1 saturated carbocycles. The van der Waals surface area contributed by atoms with E-state index < -0.39 is 0 Å². The lowest BCUT2D eigenvalue weighted by atomic mass is 9.89. The topological polar surface area (TPSA) is 0 Å². The molecule has 0 atom stereocenters. The van der Waals surface area contributed by atoms with Crippen LogP contribution in [0.1, 0.15) is 32.6 Å². The van der Waals surface area contributed by atoms with Crippen molar-refractivity contribution in [2.45, 2.75) is 32.6 Å². The summed E-state index contributed by atoms with van der Waals surface area (Å²) in [6, 6.07) is 0. The first-order chi connectivity index (χ1) is 8.00. The van der Waals surface area contributed by atoms with Gasteiger partial charge in [0.05, 0.1) is 0 Å². The Morgan fingerprint density at radius 3 is 2.24 bits per heavy atom. The fourth-order valence-corrected chi connectivity index (χ4v) is 1.82. The molecule has 1 aliphatic carbocycles. The van der Waals surface area contributed by atoms with Crippen LogP contribution in [-0.2, 0) is 0 Å². The molecule has 0 aromatic heterocycles. The molecule has 0 spiro atoms. The Kier molecular flexibility index (Phi) is 4.96. The first-order valence-corrected chi connectivity index (χ1v) is 6.11. The third-order valence-corrected chi connectivity index (χ3v) is 2.96. The minimum Gasteiger partial charge on any atom is -0.0961 e. The Labute approximate surface area is 105 Å². The van der Waals surface area contributed by atoms with Crippen LogP contribution in [0.3, 0.4) is 0 Å². The lowest BCUT2D eigenvalue weighted by molar-refractivity contribution is 0.680. The van der Waals surface area contributed by atoms with Crippen LogP contribution < -0.4 is 0 Å². The number of hydrogen-bond acceptors (Lipinski definition) is 0. The van der Waals surface area contributed by atoms with E-state index in [-0.39, 0.29) is 0 Å². The second-order valence-corrected chi connectivity index (χ2v) is 4.71. The summed E-state index contributed by atoms with van der Waals surface area (Å²) in [6.45, 7) is 18.0. The number of rotatable bonds is 4. The van der Waals surface area contributed by atoms with Crippen molar-refractivity contribution < 1.29 is 0 Å². The highest BCUT2D eigenvalue weighted by Crippen LogP contribution is 2.29. The molecule has 0 aromatic rings. The highest BCUT2D eigenvalue weighted by atomic mass is 14.1. The zero-order valence-electron chi connectivity index (χ0n) is 10.9. The van der Waals surface area contributed by atoms with Gasteiger partial charge in [0.1, 0.15) is 0 Å². The maximum atomic E-state index is 4.11. The molecule has 1 rings (SSSR count). The largest absolute Gasteiger partial charge is 0.0961 e. The standard InChI is InChI=1S/C17H22/c1-13(2)10-11-14(3)16(5)12-17-9-7-6-8-15(17)4/h10-12H,1,3-9H2,2H3/b11-10-,17-12+. The van der Waals surface area contributed by atoms with Crippen molar-refractivity contribution in [3.8, 4) is 0 Å². The van der Waals surface area contributed by atoms with Gasteiger partial charge in [0.25, 0.3) is 0 Å². The van der Waals surface area contributed by atoms with Gasteiger partial charge in [-0.05, 0) is 49.3 Å². The molecule has 0 heteroatoms. The van der Waals surface area contributed by atoms with E-state index in [9.17, 15) is 0 Å². The van der Waals surface area contributed by atoms with E-state index in [1.165, 1.54) is 24.0 Å². The summed E-state index contributed by atoms with van der Waals surface area (Å²) in [4.78, 5) is 0. The minimum absolute atomic E-state index is 0.943. The van der Waals surface area contributed by atoms with Crippen LogP contribution in [0.5, 0.6) is 0 Å². The van der Waals surface area contributed by atoms with Crippen LogP contribution in [0.25, 0.3) is 0 Å². The van der Waals surface area contributed by atoms with Crippen LogP contribution in [0.4, 0.5) is 0 Å². The third-order valence-electron chi connectivity index (χ3n) is 2.96. The van der Waals surface area contributed by atoms with Crippen LogP contribution in [-0.4, -0.2) is 0 Å². The molecule has 1 fully saturated rings. The van der Waals surface area contributed by atoms with E-state index in [1.54, 1.807) is 0 Å². The van der Waals surface area contributed by atoms with E-state index >= 15 is 0 Å². The van der Waals surface area contributed by atoms with Crippen molar-refractivity contribution in [1.29, 1.82) is 0 Å². The summed E-state index contributed by atoms with van der Waals surface area (Å²) >= 11 is 0. The Morgan fingerprint density at radius 2 is 1.65 bits per heavy atom. The average Bonchev–Trinajstić information content (AvgIpc) is 2.28. The van der Waals surface area contributed by atoms with Gasteiger partial charge >= 0.3 is 0 Å². The van der Waals surface area contributed by atoms with Gasteiger partial charge in [-0.2, -0.15) is 0 Å². The third kappa shape index (κ3) is 4.44. The molecule has 0 radical (unpaired) electrons. The van der Waals surface area contributed by atoms with Crippen LogP contribution in [0.15, 0.2) is 72.4 Å². The molecule has 0 aliphatic heterocycles. The van der Waals surface area contributed by atoms with Gasteiger partial charge in [0.2, 0.25) is 0 Å². The fourth-order valence-electron chi connectivity index (χ4n) is 1.82. The van der Waals surface area contributed by atoms with E-state index in [1.807, 2.05) is 19.1 Å². The normalized spacial score (nSPS) is 18.6. The van der Waals surface area contributed by atoms with Crippen molar-refractivity contribution >= 4 is 0 Å². The smallest absolute Gasteiger partial charge is 0.0259 e. The Morgan fingerprint density at radius 1 is 1.00 bits per heavy atom. The second kappa shape index (κ2) is 6.24. The van der Waals surface area contributed by atoms with Crippen LogP contribution in [0.2, 0.25) is 0 Å². The summed E-state index contributed by atoms with van der Waals surface area (Å²) in [5.41, 5.74) is 5.54. The monoisotopic (exact) mass is 226 g/mol. The molecule has 0 saturated heterocycles. The molecule has 0 N–H and O–H groups in total. The summed E-state index contributed by atoms with van der Waals surface area (Å²) in [5, 5.41) is 0. The zero-order valence-corrected chi connectivity index (χ0v) is 10.9. The lowest BCUT2D eigenvalue weighted by Gasteiger charge is -2.17. The average molecular weight is 226 g/mol. The summed E-state index contributed by atoms with van der Waals surface area (Å²) < 4.78 is 0. The van der Waals surface area contributed by atoms with E-state index in [0.717, 1.165) is 29.6 Å². The van der Waals surface area contributed by atoms with Gasteiger partial charge in [-0.1, -0.05) is 55.7 Å². The molecule has 0 amide bonds. The number of hydrogen-bond donors (Lipinski definition) is 0. The van der Waals surface area contributed by atoms with Crippen LogP contribution >= 0.6 is 0 Å². The Hall–Kier alpha value is -1.56. The quantitative estimate of drug-likeness (QED) is 0.571. The van der Waals surface area contributed by atoms with E-state index in [2.05, 4.69) is 32.4 Å². The molecule has 0 nitrogen and oxygen atoms in total. The first kappa shape index (κ1) is 13.5. The molecule has 90 valence electrons. The van der Waals surface area contributed by atoms with Crippen molar-refractivity contribution in [3.05, 3.63) is 72.4 Å². The fraction of sp³-hybridized carbons (Fsp3) is 0.294. The van der Waals surface area contributed by atoms with Gasteiger partial charge in [-0.15, -0.1) is 0 Å². The SMILES string of the molecule is C=C(C)/C=C\C(=C)C(=C)/C=C1\CCCCC1=C. The molecule has 17 heavy (non-hydrogen) atoms. The van der Waals surface area contributed by atoms with Gasteiger partial charge in [-0.3, -0.25) is 0 Å². The minimum atomic E-state index is 0.943. The van der Waals surface area contributed by atoms with Crippen molar-refractivity contribution in [1.82, 2.24) is 0 Å². The number of allylic oxidation sites excluding steroid dienone is 8. The maximum absolute atomic E-state index is 4.11. The van der Waals surface area contributed by atoms with Gasteiger partial charge in [0, 0.05) is 0 Å². The summed E-state index contributed by atoms with van der Waals surface area (Å²) in [6.07, 6.45) is 10.8. The van der Waals surface area contributed by atoms with Crippen LogP contribution in [0, 0.1) is 0 Å². The molecular formula is C17H22. The molecule has 0 heterocycles. The molecule has 0 bridgehead atoms. The zero-order chi connectivity index (χ0) is 12.8. The highest BCUT2D eigenvalue weighted by Gasteiger charge is 2.09. The second-order valence-electron chi connectivity index (χ2n) is 4.71. The predicted molar refractivity (Wildman–Crippen MR) is 77.9 cm³/mol. The highest BCUT2D eigenvalue weighted by molar-refractivity contribution is 5.48. The molecule has 1 aliphatic rings. The van der Waals surface area contributed by atoms with E-state index in [0.29, 0.717) is 0 Å². The summed E-state index contributed by atoms with van der Waals surface area (Å²) in [7, 11) is 0. The lowest BCUT2D eigenvalue weighted by Crippen LogP contribution is -1.98. The van der Waals surface area contributed by atoms with Crippen molar-refractivity contribution in [3.63, 3.8) is 0 Å². The Bertz CT molecular complexity index is 413. The first-order valence-electron chi connectivity index (χ1n) is 6.11. The van der Waals surface area contributed by atoms with Crippen molar-refractivity contribution in [2.24, 2.45) is 0 Å². The molecular weight excluding hydrogens is 204 g/mol. The van der Waals surface area contributed by atoms with Crippen molar-refractivity contribution in [2.75, 3.05) is 0 Å². The van der Waals surface area contributed by atoms with Gasteiger partial charge in [0.15, 0.2) is 0 Å². The van der Waals surface area contributed by atoms with Gasteiger partial charge in [-0.25, -0.2) is 0 Å². The predicted octanol–water partition coefficient (Wildman–Crippen LogP) is 5.29. The maximum Gasteiger partial charge on any atom is -0.0259 e. The summed E-state index contributed by atoms with van der Waals surface area (Å²) in [5.74, 6) is 0. The van der Waals surface area contributed by atoms with E-state index in [4.69, 9.17) is 0 Å². The molecule has 0 aromatic carbocycles. The van der Waals surface area contributed by atoms with Gasteiger partial charge < -0.3 is 0 Å². The Balaban J connectivity index is 2.70.